The first-order chi connectivity index (χ1) is 9.04. The standard InChI is InChI=1S/C14H17BrFNO2/c15-11-3-1-10(12(16)7-11)2-4-13(19)17-8-14(9-18)5-6-14/h1,3,7,18H,2,4-6,8-9H2,(H,17,19). The molecule has 1 aliphatic carbocycles. The topological polar surface area (TPSA) is 49.3 Å². The number of hydrogen-bond donors (Lipinski definition) is 2. The van der Waals surface area contributed by atoms with Gasteiger partial charge in [-0.2, -0.15) is 0 Å². The molecule has 0 radical (unpaired) electrons. The van der Waals surface area contributed by atoms with Crippen LogP contribution in [0.15, 0.2) is 22.7 Å². The molecule has 1 aromatic rings. The van der Waals surface area contributed by atoms with Gasteiger partial charge >= 0.3 is 0 Å². The Morgan fingerprint density at radius 1 is 1.47 bits per heavy atom. The second kappa shape index (κ2) is 6.01. The van der Waals surface area contributed by atoms with Crippen LogP contribution in [0.2, 0.25) is 0 Å². The van der Waals surface area contributed by atoms with Gasteiger partial charge < -0.3 is 10.4 Å². The summed E-state index contributed by atoms with van der Waals surface area (Å²) in [7, 11) is 0. The summed E-state index contributed by atoms with van der Waals surface area (Å²) in [5.74, 6) is -0.391. The second-order valence-electron chi connectivity index (χ2n) is 5.17. The number of aryl methyl sites for hydroxylation is 1. The maximum atomic E-state index is 13.5. The minimum absolute atomic E-state index is 0.0848. The Morgan fingerprint density at radius 2 is 2.21 bits per heavy atom. The number of aliphatic hydroxyl groups is 1. The Labute approximate surface area is 120 Å². The summed E-state index contributed by atoms with van der Waals surface area (Å²) in [4.78, 5) is 11.7. The number of benzene rings is 1. The summed E-state index contributed by atoms with van der Waals surface area (Å²) in [6.45, 7) is 0.639. The Morgan fingerprint density at radius 3 is 2.79 bits per heavy atom. The number of rotatable bonds is 6. The zero-order chi connectivity index (χ0) is 13.9. The zero-order valence-electron chi connectivity index (χ0n) is 10.6. The molecule has 0 aliphatic heterocycles. The molecule has 0 heterocycles. The highest BCUT2D eigenvalue weighted by molar-refractivity contribution is 9.10. The summed E-state index contributed by atoms with van der Waals surface area (Å²) < 4.78 is 14.2. The quantitative estimate of drug-likeness (QED) is 0.842. The SMILES string of the molecule is O=C(CCc1ccc(Br)cc1F)NCC1(CO)CC1. The van der Waals surface area contributed by atoms with Gasteiger partial charge in [-0.15, -0.1) is 0 Å². The molecule has 2 rings (SSSR count). The fraction of sp³-hybridized carbons (Fsp3) is 0.500. The van der Waals surface area contributed by atoms with Crippen LogP contribution in [-0.4, -0.2) is 24.2 Å². The largest absolute Gasteiger partial charge is 0.396 e. The first-order valence-electron chi connectivity index (χ1n) is 6.36. The molecule has 19 heavy (non-hydrogen) atoms. The van der Waals surface area contributed by atoms with E-state index in [2.05, 4.69) is 21.2 Å². The van der Waals surface area contributed by atoms with Crippen LogP contribution in [0.3, 0.4) is 0 Å². The van der Waals surface area contributed by atoms with E-state index in [-0.39, 0.29) is 30.2 Å². The summed E-state index contributed by atoms with van der Waals surface area (Å²) in [6, 6.07) is 4.85. The van der Waals surface area contributed by atoms with Gasteiger partial charge in [0.1, 0.15) is 5.82 Å². The summed E-state index contributed by atoms with van der Waals surface area (Å²) in [5, 5.41) is 11.9. The van der Waals surface area contributed by atoms with E-state index in [1.165, 1.54) is 6.07 Å². The van der Waals surface area contributed by atoms with E-state index in [4.69, 9.17) is 5.11 Å². The molecule has 2 N–H and O–H groups in total. The molecule has 0 bridgehead atoms. The van der Waals surface area contributed by atoms with Gasteiger partial charge in [0.15, 0.2) is 0 Å². The fourth-order valence-electron chi connectivity index (χ4n) is 1.91. The van der Waals surface area contributed by atoms with Crippen molar-refractivity contribution in [3.8, 4) is 0 Å². The highest BCUT2D eigenvalue weighted by Gasteiger charge is 2.41. The third kappa shape index (κ3) is 4.01. The van der Waals surface area contributed by atoms with Gasteiger partial charge in [0.2, 0.25) is 5.91 Å². The monoisotopic (exact) mass is 329 g/mol. The number of amides is 1. The molecule has 3 nitrogen and oxygen atoms in total. The zero-order valence-corrected chi connectivity index (χ0v) is 12.2. The van der Waals surface area contributed by atoms with Gasteiger partial charge in [-0.25, -0.2) is 4.39 Å². The van der Waals surface area contributed by atoms with E-state index in [1.807, 2.05) is 0 Å². The number of hydrogen-bond acceptors (Lipinski definition) is 2. The Bertz CT molecular complexity index is 475. The normalized spacial score (nSPS) is 16.2. The lowest BCUT2D eigenvalue weighted by Gasteiger charge is -2.12. The maximum Gasteiger partial charge on any atom is 0.220 e. The number of halogens is 2. The van der Waals surface area contributed by atoms with Crippen LogP contribution in [-0.2, 0) is 11.2 Å². The van der Waals surface area contributed by atoms with Crippen molar-refractivity contribution in [3.05, 3.63) is 34.1 Å². The molecule has 0 unspecified atom stereocenters. The van der Waals surface area contributed by atoms with Crippen LogP contribution >= 0.6 is 15.9 Å². The predicted octanol–water partition coefficient (Wildman–Crippen LogP) is 2.41. The van der Waals surface area contributed by atoms with E-state index in [1.54, 1.807) is 12.1 Å². The average Bonchev–Trinajstić information content (AvgIpc) is 3.16. The molecule has 1 fully saturated rings. The van der Waals surface area contributed by atoms with Crippen molar-refractivity contribution in [3.63, 3.8) is 0 Å². The number of carbonyl (C=O) groups is 1. The molecule has 1 aromatic carbocycles. The van der Waals surface area contributed by atoms with E-state index < -0.39 is 0 Å². The lowest BCUT2D eigenvalue weighted by atomic mass is 10.1. The minimum atomic E-state index is -0.295. The van der Waals surface area contributed by atoms with Crippen molar-refractivity contribution in [2.75, 3.05) is 13.2 Å². The molecule has 1 amide bonds. The van der Waals surface area contributed by atoms with E-state index in [9.17, 15) is 9.18 Å². The average molecular weight is 330 g/mol. The van der Waals surface area contributed by atoms with Crippen molar-refractivity contribution in [1.82, 2.24) is 5.32 Å². The first kappa shape index (κ1) is 14.5. The molecule has 1 saturated carbocycles. The number of nitrogens with one attached hydrogen (secondary N) is 1. The van der Waals surface area contributed by atoms with Gasteiger partial charge in [-0.3, -0.25) is 4.79 Å². The molecular formula is C14H17BrFNO2. The van der Waals surface area contributed by atoms with E-state index in [0.717, 1.165) is 12.8 Å². The van der Waals surface area contributed by atoms with Gasteiger partial charge in [-0.05, 0) is 37.0 Å². The maximum absolute atomic E-state index is 13.5. The van der Waals surface area contributed by atoms with Crippen LogP contribution in [0.4, 0.5) is 4.39 Å². The number of aliphatic hydroxyl groups excluding tert-OH is 1. The first-order valence-corrected chi connectivity index (χ1v) is 7.15. The van der Waals surface area contributed by atoms with Crippen LogP contribution in [0, 0.1) is 11.2 Å². The summed E-state index contributed by atoms with van der Waals surface area (Å²) >= 11 is 3.19. The molecule has 0 spiro atoms. The summed E-state index contributed by atoms with van der Waals surface area (Å²) in [6.07, 6.45) is 2.58. The minimum Gasteiger partial charge on any atom is -0.396 e. The fourth-order valence-corrected chi connectivity index (χ4v) is 2.25. The molecular weight excluding hydrogens is 313 g/mol. The Balaban J connectivity index is 1.77. The molecule has 0 saturated heterocycles. The van der Waals surface area contributed by atoms with Gasteiger partial charge in [0, 0.05) is 22.9 Å². The molecule has 5 heteroatoms. The van der Waals surface area contributed by atoms with Crippen molar-refractivity contribution >= 4 is 21.8 Å². The van der Waals surface area contributed by atoms with Crippen molar-refractivity contribution in [2.24, 2.45) is 5.41 Å². The van der Waals surface area contributed by atoms with Gasteiger partial charge in [-0.1, -0.05) is 22.0 Å². The number of carbonyl (C=O) groups excluding carboxylic acids is 1. The lowest BCUT2D eigenvalue weighted by molar-refractivity contribution is -0.121. The van der Waals surface area contributed by atoms with Gasteiger partial charge in [0.25, 0.3) is 0 Å². The second-order valence-corrected chi connectivity index (χ2v) is 6.09. The van der Waals surface area contributed by atoms with Crippen LogP contribution in [0.1, 0.15) is 24.8 Å². The highest BCUT2D eigenvalue weighted by atomic mass is 79.9. The van der Waals surface area contributed by atoms with Crippen LogP contribution in [0.5, 0.6) is 0 Å². The highest BCUT2D eigenvalue weighted by Crippen LogP contribution is 2.44. The smallest absolute Gasteiger partial charge is 0.220 e. The van der Waals surface area contributed by atoms with Crippen molar-refractivity contribution in [1.29, 1.82) is 0 Å². The van der Waals surface area contributed by atoms with Crippen LogP contribution in [0.25, 0.3) is 0 Å². The predicted molar refractivity (Wildman–Crippen MR) is 74.2 cm³/mol. The van der Waals surface area contributed by atoms with E-state index in [0.29, 0.717) is 23.0 Å². The Hall–Kier alpha value is -0.940. The molecule has 1 aliphatic rings. The van der Waals surface area contributed by atoms with Gasteiger partial charge in [0.05, 0.1) is 6.61 Å². The molecule has 0 atom stereocenters. The van der Waals surface area contributed by atoms with Crippen molar-refractivity contribution < 1.29 is 14.3 Å². The summed E-state index contributed by atoms with van der Waals surface area (Å²) in [5.41, 5.74) is 0.458. The van der Waals surface area contributed by atoms with E-state index >= 15 is 0 Å². The Kier molecular flexibility index (Phi) is 4.58. The third-order valence-electron chi connectivity index (χ3n) is 3.59. The van der Waals surface area contributed by atoms with Crippen LogP contribution < -0.4 is 5.32 Å². The molecule has 0 aromatic heterocycles. The molecule has 104 valence electrons. The lowest BCUT2D eigenvalue weighted by Crippen LogP contribution is -2.32. The van der Waals surface area contributed by atoms with Crippen molar-refractivity contribution in [2.45, 2.75) is 25.7 Å². The third-order valence-corrected chi connectivity index (χ3v) is 4.08.